The minimum Gasteiger partial charge on any atom is -0.357 e. The molecule has 3 N–H and O–H groups in total. The minimum absolute atomic E-state index is 0.137. The van der Waals surface area contributed by atoms with Gasteiger partial charge in [0.15, 0.2) is 0 Å². The summed E-state index contributed by atoms with van der Waals surface area (Å²) < 4.78 is 0. The molecule has 1 atom stereocenters. The van der Waals surface area contributed by atoms with Crippen LogP contribution in [0, 0.1) is 0 Å². The number of nitrogens with one attached hydrogen (secondary N) is 1. The standard InChI is InChI=1S/C9H16N4O/c1-7(3-4-10)13(2)8-5-9(14)12-6-11-8/h5-7H,3-4,10H2,1-2H3,(H,11,12,14). The van der Waals surface area contributed by atoms with Crippen LogP contribution >= 0.6 is 0 Å². The van der Waals surface area contributed by atoms with Crippen LogP contribution in [0.3, 0.4) is 0 Å². The van der Waals surface area contributed by atoms with Crippen LogP contribution in [0.1, 0.15) is 13.3 Å². The van der Waals surface area contributed by atoms with Gasteiger partial charge in [0.1, 0.15) is 5.82 Å². The van der Waals surface area contributed by atoms with Crippen molar-refractivity contribution in [3.63, 3.8) is 0 Å². The van der Waals surface area contributed by atoms with Gasteiger partial charge in [-0.05, 0) is 19.9 Å². The third-order valence-corrected chi connectivity index (χ3v) is 2.27. The lowest BCUT2D eigenvalue weighted by Gasteiger charge is -2.24. The van der Waals surface area contributed by atoms with Gasteiger partial charge in [-0.1, -0.05) is 0 Å². The molecule has 78 valence electrons. The highest BCUT2D eigenvalue weighted by Gasteiger charge is 2.09. The number of aromatic nitrogens is 2. The van der Waals surface area contributed by atoms with E-state index in [-0.39, 0.29) is 11.6 Å². The summed E-state index contributed by atoms with van der Waals surface area (Å²) in [6.07, 6.45) is 2.29. The quantitative estimate of drug-likeness (QED) is 0.707. The van der Waals surface area contributed by atoms with Crippen LogP contribution in [0.15, 0.2) is 17.2 Å². The average molecular weight is 196 g/mol. The zero-order valence-electron chi connectivity index (χ0n) is 8.53. The summed E-state index contributed by atoms with van der Waals surface area (Å²) in [6.45, 7) is 2.68. The lowest BCUT2D eigenvalue weighted by atomic mass is 10.2. The molecule has 0 amide bonds. The predicted octanol–water partition coefficient (Wildman–Crippen LogP) is -0.0566. The lowest BCUT2D eigenvalue weighted by Crippen LogP contribution is -2.32. The maximum atomic E-state index is 11.0. The Hall–Kier alpha value is -1.36. The van der Waals surface area contributed by atoms with E-state index in [0.717, 1.165) is 6.42 Å². The zero-order chi connectivity index (χ0) is 10.6. The fourth-order valence-corrected chi connectivity index (χ4v) is 1.21. The van der Waals surface area contributed by atoms with Crippen molar-refractivity contribution in [3.8, 4) is 0 Å². The smallest absolute Gasteiger partial charge is 0.252 e. The van der Waals surface area contributed by atoms with Gasteiger partial charge >= 0.3 is 0 Å². The molecular weight excluding hydrogens is 180 g/mol. The van der Waals surface area contributed by atoms with Crippen LogP contribution in [-0.2, 0) is 0 Å². The van der Waals surface area contributed by atoms with E-state index in [2.05, 4.69) is 16.9 Å². The summed E-state index contributed by atoms with van der Waals surface area (Å²) in [5.74, 6) is 0.676. The highest BCUT2D eigenvalue weighted by molar-refractivity contribution is 5.36. The first kappa shape index (κ1) is 10.7. The molecule has 1 heterocycles. The van der Waals surface area contributed by atoms with E-state index in [1.165, 1.54) is 12.4 Å². The first-order chi connectivity index (χ1) is 6.65. The van der Waals surface area contributed by atoms with E-state index in [9.17, 15) is 4.79 Å². The van der Waals surface area contributed by atoms with Crippen LogP contribution in [-0.4, -0.2) is 29.6 Å². The molecule has 0 aliphatic heterocycles. The third-order valence-electron chi connectivity index (χ3n) is 2.27. The van der Waals surface area contributed by atoms with Gasteiger partial charge in [0.25, 0.3) is 5.56 Å². The van der Waals surface area contributed by atoms with Gasteiger partial charge < -0.3 is 15.6 Å². The monoisotopic (exact) mass is 196 g/mol. The molecule has 0 saturated carbocycles. The van der Waals surface area contributed by atoms with Gasteiger partial charge in [-0.25, -0.2) is 4.98 Å². The van der Waals surface area contributed by atoms with E-state index < -0.39 is 0 Å². The highest BCUT2D eigenvalue weighted by Crippen LogP contribution is 2.09. The van der Waals surface area contributed by atoms with E-state index in [0.29, 0.717) is 12.4 Å². The summed E-state index contributed by atoms with van der Waals surface area (Å²) in [6, 6.07) is 1.77. The van der Waals surface area contributed by atoms with Crippen LogP contribution in [0.25, 0.3) is 0 Å². The molecule has 0 aliphatic rings. The number of rotatable bonds is 4. The molecule has 14 heavy (non-hydrogen) atoms. The number of H-pyrrole nitrogens is 1. The molecule has 0 radical (unpaired) electrons. The first-order valence-corrected chi connectivity index (χ1v) is 4.62. The number of hydrogen-bond acceptors (Lipinski definition) is 4. The van der Waals surface area contributed by atoms with E-state index >= 15 is 0 Å². The molecule has 1 rings (SSSR count). The van der Waals surface area contributed by atoms with Crippen molar-refractivity contribution in [1.29, 1.82) is 0 Å². The Labute approximate surface area is 83.0 Å². The second-order valence-electron chi connectivity index (χ2n) is 3.31. The second kappa shape index (κ2) is 4.76. The number of hydrogen-bond donors (Lipinski definition) is 2. The highest BCUT2D eigenvalue weighted by atomic mass is 16.1. The number of aromatic amines is 1. The first-order valence-electron chi connectivity index (χ1n) is 4.62. The van der Waals surface area contributed by atoms with Crippen molar-refractivity contribution in [2.45, 2.75) is 19.4 Å². The Morgan fingerprint density at radius 1 is 1.71 bits per heavy atom. The maximum Gasteiger partial charge on any atom is 0.252 e. The summed E-state index contributed by atoms with van der Waals surface area (Å²) in [7, 11) is 1.90. The van der Waals surface area contributed by atoms with Crippen molar-refractivity contribution in [3.05, 3.63) is 22.7 Å². The van der Waals surface area contributed by atoms with E-state index in [1.54, 1.807) is 0 Å². The van der Waals surface area contributed by atoms with Crippen molar-refractivity contribution in [1.82, 2.24) is 9.97 Å². The maximum absolute atomic E-state index is 11.0. The van der Waals surface area contributed by atoms with Crippen LogP contribution in [0.4, 0.5) is 5.82 Å². The average Bonchev–Trinajstić information content (AvgIpc) is 2.17. The topological polar surface area (TPSA) is 75.0 Å². The van der Waals surface area contributed by atoms with Gasteiger partial charge in [-0.2, -0.15) is 0 Å². The fourth-order valence-electron chi connectivity index (χ4n) is 1.21. The van der Waals surface area contributed by atoms with Gasteiger partial charge in [-0.3, -0.25) is 4.79 Å². The SMILES string of the molecule is CC(CCN)N(C)c1cc(=O)[nH]cn1. The lowest BCUT2D eigenvalue weighted by molar-refractivity contribution is 0.628. The molecular formula is C9H16N4O. The largest absolute Gasteiger partial charge is 0.357 e. The summed E-state index contributed by atoms with van der Waals surface area (Å²) in [5.41, 5.74) is 5.32. The second-order valence-corrected chi connectivity index (χ2v) is 3.31. The molecule has 5 nitrogen and oxygen atoms in total. The van der Waals surface area contributed by atoms with Crippen LogP contribution in [0.5, 0.6) is 0 Å². The van der Waals surface area contributed by atoms with Crippen LogP contribution < -0.4 is 16.2 Å². The molecule has 0 bridgehead atoms. The van der Waals surface area contributed by atoms with Gasteiger partial charge in [-0.15, -0.1) is 0 Å². The fraction of sp³-hybridized carbons (Fsp3) is 0.556. The van der Waals surface area contributed by atoms with Crippen molar-refractivity contribution in [2.24, 2.45) is 5.73 Å². The third kappa shape index (κ3) is 2.56. The summed E-state index contributed by atoms with van der Waals surface area (Å²) >= 11 is 0. The number of anilines is 1. The van der Waals surface area contributed by atoms with Crippen molar-refractivity contribution >= 4 is 5.82 Å². The molecule has 1 unspecified atom stereocenters. The van der Waals surface area contributed by atoms with Crippen LogP contribution in [0.2, 0.25) is 0 Å². The Morgan fingerprint density at radius 2 is 2.43 bits per heavy atom. The molecule has 0 spiro atoms. The molecule has 0 fully saturated rings. The molecule has 0 aliphatic carbocycles. The predicted molar refractivity (Wildman–Crippen MR) is 56.4 cm³/mol. The number of nitrogens with two attached hydrogens (primary N) is 1. The van der Waals surface area contributed by atoms with E-state index in [1.807, 2.05) is 11.9 Å². The van der Waals surface area contributed by atoms with Crippen molar-refractivity contribution in [2.75, 3.05) is 18.5 Å². The Bertz CT molecular complexity index is 336. The zero-order valence-corrected chi connectivity index (χ0v) is 8.53. The van der Waals surface area contributed by atoms with Crippen molar-refractivity contribution < 1.29 is 0 Å². The normalized spacial score (nSPS) is 12.5. The molecule has 5 heteroatoms. The Kier molecular flexibility index (Phi) is 3.64. The Morgan fingerprint density at radius 3 is 3.00 bits per heavy atom. The molecule has 0 aromatic carbocycles. The Balaban J connectivity index is 2.78. The molecule has 1 aromatic rings. The minimum atomic E-state index is -0.137. The van der Waals surface area contributed by atoms with Gasteiger partial charge in [0, 0.05) is 19.2 Å². The molecule has 0 saturated heterocycles. The van der Waals surface area contributed by atoms with E-state index in [4.69, 9.17) is 5.73 Å². The van der Waals surface area contributed by atoms with Gasteiger partial charge in [0.05, 0.1) is 6.33 Å². The number of nitrogens with zero attached hydrogens (tertiary/aromatic N) is 2. The summed E-state index contributed by atoms with van der Waals surface area (Å²) in [4.78, 5) is 19.5. The summed E-state index contributed by atoms with van der Waals surface area (Å²) in [5, 5.41) is 0. The van der Waals surface area contributed by atoms with Gasteiger partial charge in [0.2, 0.25) is 0 Å². The molecule has 1 aromatic heterocycles.